The molecule has 0 aliphatic heterocycles. The number of halogens is 1. The summed E-state index contributed by atoms with van der Waals surface area (Å²) in [5.41, 5.74) is 0.811. The maximum atomic E-state index is 10.9. The molecule has 2 aromatic rings. The highest BCUT2D eigenvalue weighted by Crippen LogP contribution is 2.28. The highest BCUT2D eigenvalue weighted by molar-refractivity contribution is 6.31. The quantitative estimate of drug-likeness (QED) is 0.681. The van der Waals surface area contributed by atoms with Crippen molar-refractivity contribution in [2.75, 3.05) is 5.32 Å². The molecule has 19 heavy (non-hydrogen) atoms. The minimum atomic E-state index is -0.464. The van der Waals surface area contributed by atoms with Gasteiger partial charge in [0, 0.05) is 17.3 Å². The number of nitro groups is 1. The summed E-state index contributed by atoms with van der Waals surface area (Å²) in [4.78, 5) is 14.4. The van der Waals surface area contributed by atoms with Gasteiger partial charge in [0.25, 0.3) is 0 Å². The predicted molar refractivity (Wildman–Crippen MR) is 74.4 cm³/mol. The Kier molecular flexibility index (Phi) is 3.97. The van der Waals surface area contributed by atoms with Crippen LogP contribution in [0.15, 0.2) is 42.6 Å². The number of nitrogens with one attached hydrogen (secondary N) is 1. The van der Waals surface area contributed by atoms with Crippen molar-refractivity contribution in [1.82, 2.24) is 4.98 Å². The van der Waals surface area contributed by atoms with Crippen LogP contribution in [0, 0.1) is 10.1 Å². The highest BCUT2D eigenvalue weighted by atomic mass is 35.5. The van der Waals surface area contributed by atoms with Crippen LogP contribution in [0.25, 0.3) is 0 Å². The van der Waals surface area contributed by atoms with Gasteiger partial charge in [-0.25, -0.2) is 4.98 Å². The first-order chi connectivity index (χ1) is 9.09. The fourth-order valence-corrected chi connectivity index (χ4v) is 2.06. The molecule has 1 aromatic heterocycles. The van der Waals surface area contributed by atoms with E-state index in [-0.39, 0.29) is 17.5 Å². The van der Waals surface area contributed by atoms with Gasteiger partial charge in [0.1, 0.15) is 0 Å². The highest BCUT2D eigenvalue weighted by Gasteiger charge is 2.17. The SMILES string of the molecule is C[C@H](Nc1ncccc1[N+](=O)[O-])c1ccccc1Cl. The molecule has 2 rings (SSSR count). The van der Waals surface area contributed by atoms with Gasteiger partial charge in [-0.1, -0.05) is 29.8 Å². The third kappa shape index (κ3) is 3.00. The third-order valence-electron chi connectivity index (χ3n) is 2.71. The lowest BCUT2D eigenvalue weighted by Crippen LogP contribution is -2.10. The minimum absolute atomic E-state index is 0.0543. The topological polar surface area (TPSA) is 68.1 Å². The van der Waals surface area contributed by atoms with Crippen LogP contribution in [0.1, 0.15) is 18.5 Å². The summed E-state index contributed by atoms with van der Waals surface area (Å²) in [6.45, 7) is 1.87. The van der Waals surface area contributed by atoms with Crippen molar-refractivity contribution in [2.45, 2.75) is 13.0 Å². The van der Waals surface area contributed by atoms with E-state index in [1.165, 1.54) is 18.3 Å². The van der Waals surface area contributed by atoms with Crippen LogP contribution in [0.2, 0.25) is 5.02 Å². The fourth-order valence-electron chi connectivity index (χ4n) is 1.76. The van der Waals surface area contributed by atoms with Crippen molar-refractivity contribution in [2.24, 2.45) is 0 Å². The predicted octanol–water partition coefficient (Wildman–Crippen LogP) is 3.82. The molecule has 0 radical (unpaired) electrons. The number of rotatable bonds is 4. The molecule has 0 aliphatic rings. The standard InChI is InChI=1S/C13H12ClN3O2/c1-9(10-5-2-3-6-11(10)14)16-13-12(17(18)19)7-4-8-15-13/h2-9H,1H3,(H,15,16)/t9-/m0/s1. The smallest absolute Gasteiger partial charge is 0.311 e. The molecule has 0 saturated heterocycles. The van der Waals surface area contributed by atoms with E-state index in [9.17, 15) is 10.1 Å². The summed E-state index contributed by atoms with van der Waals surface area (Å²) >= 11 is 6.09. The largest absolute Gasteiger partial charge is 0.358 e. The molecule has 0 fully saturated rings. The molecule has 5 nitrogen and oxygen atoms in total. The average Bonchev–Trinajstić information content (AvgIpc) is 2.39. The zero-order chi connectivity index (χ0) is 13.8. The van der Waals surface area contributed by atoms with E-state index < -0.39 is 4.92 Å². The molecule has 1 atom stereocenters. The maximum Gasteiger partial charge on any atom is 0.311 e. The Bertz CT molecular complexity index is 604. The van der Waals surface area contributed by atoms with Crippen LogP contribution in [0.5, 0.6) is 0 Å². The fraction of sp³-hybridized carbons (Fsp3) is 0.154. The molecule has 1 heterocycles. The Hall–Kier alpha value is -2.14. The lowest BCUT2D eigenvalue weighted by molar-refractivity contribution is -0.384. The van der Waals surface area contributed by atoms with Crippen LogP contribution >= 0.6 is 11.6 Å². The summed E-state index contributed by atoms with van der Waals surface area (Å²) in [6, 6.07) is 10.1. The summed E-state index contributed by atoms with van der Waals surface area (Å²) in [5, 5.41) is 14.5. The molecule has 98 valence electrons. The van der Waals surface area contributed by atoms with E-state index in [0.717, 1.165) is 5.56 Å². The molecule has 0 aliphatic carbocycles. The van der Waals surface area contributed by atoms with Gasteiger partial charge in [0.15, 0.2) is 0 Å². The van der Waals surface area contributed by atoms with Gasteiger partial charge >= 0.3 is 5.69 Å². The molecular formula is C13H12ClN3O2. The van der Waals surface area contributed by atoms with Crippen LogP contribution in [0.4, 0.5) is 11.5 Å². The van der Waals surface area contributed by atoms with Crippen LogP contribution in [-0.2, 0) is 0 Å². The molecule has 0 unspecified atom stereocenters. The molecule has 1 aromatic carbocycles. The van der Waals surface area contributed by atoms with E-state index in [4.69, 9.17) is 11.6 Å². The van der Waals surface area contributed by atoms with E-state index in [1.807, 2.05) is 25.1 Å². The van der Waals surface area contributed by atoms with Crippen molar-refractivity contribution in [3.8, 4) is 0 Å². The second-order valence-electron chi connectivity index (χ2n) is 4.02. The molecule has 1 N–H and O–H groups in total. The zero-order valence-electron chi connectivity index (χ0n) is 10.2. The molecule has 0 spiro atoms. The van der Waals surface area contributed by atoms with Gasteiger partial charge < -0.3 is 5.32 Å². The number of pyridine rings is 1. The van der Waals surface area contributed by atoms with E-state index in [2.05, 4.69) is 10.3 Å². The minimum Gasteiger partial charge on any atom is -0.358 e. The number of hydrogen-bond donors (Lipinski definition) is 1. The van der Waals surface area contributed by atoms with Crippen molar-refractivity contribution in [1.29, 1.82) is 0 Å². The Morgan fingerprint density at radius 3 is 2.74 bits per heavy atom. The zero-order valence-corrected chi connectivity index (χ0v) is 11.0. The van der Waals surface area contributed by atoms with Gasteiger partial charge in [-0.3, -0.25) is 10.1 Å². The van der Waals surface area contributed by atoms with Crippen LogP contribution in [-0.4, -0.2) is 9.91 Å². The number of aromatic nitrogens is 1. The molecule has 6 heteroatoms. The number of anilines is 1. The molecular weight excluding hydrogens is 266 g/mol. The Labute approximate surface area is 115 Å². The average molecular weight is 278 g/mol. The Balaban J connectivity index is 2.27. The van der Waals surface area contributed by atoms with Crippen molar-refractivity contribution in [3.05, 3.63) is 63.3 Å². The van der Waals surface area contributed by atoms with Crippen molar-refractivity contribution < 1.29 is 4.92 Å². The van der Waals surface area contributed by atoms with Gasteiger partial charge in [0.05, 0.1) is 11.0 Å². The van der Waals surface area contributed by atoms with Gasteiger partial charge in [0.2, 0.25) is 5.82 Å². The normalized spacial score (nSPS) is 11.9. The summed E-state index contributed by atoms with van der Waals surface area (Å²) in [6.07, 6.45) is 1.51. The van der Waals surface area contributed by atoms with Crippen LogP contribution < -0.4 is 5.32 Å². The Morgan fingerprint density at radius 1 is 1.32 bits per heavy atom. The lowest BCUT2D eigenvalue weighted by atomic mass is 10.1. The Morgan fingerprint density at radius 2 is 2.05 bits per heavy atom. The first kappa shape index (κ1) is 13.3. The maximum absolute atomic E-state index is 10.9. The van der Waals surface area contributed by atoms with Crippen molar-refractivity contribution >= 4 is 23.1 Å². The monoisotopic (exact) mass is 277 g/mol. The first-order valence-corrected chi connectivity index (χ1v) is 6.07. The van der Waals surface area contributed by atoms with Crippen LogP contribution in [0.3, 0.4) is 0 Å². The molecule has 0 bridgehead atoms. The van der Waals surface area contributed by atoms with Gasteiger partial charge in [-0.15, -0.1) is 0 Å². The van der Waals surface area contributed by atoms with E-state index in [1.54, 1.807) is 6.07 Å². The summed E-state index contributed by atoms with van der Waals surface area (Å²) < 4.78 is 0. The van der Waals surface area contributed by atoms with Gasteiger partial charge in [-0.05, 0) is 24.6 Å². The first-order valence-electron chi connectivity index (χ1n) is 5.70. The molecule has 0 amide bonds. The van der Waals surface area contributed by atoms with E-state index in [0.29, 0.717) is 5.02 Å². The second kappa shape index (κ2) is 5.67. The summed E-state index contributed by atoms with van der Waals surface area (Å²) in [7, 11) is 0. The lowest BCUT2D eigenvalue weighted by Gasteiger charge is -2.15. The second-order valence-corrected chi connectivity index (χ2v) is 4.42. The molecule has 0 saturated carbocycles. The third-order valence-corrected chi connectivity index (χ3v) is 3.05. The van der Waals surface area contributed by atoms with Gasteiger partial charge in [-0.2, -0.15) is 0 Å². The number of hydrogen-bond acceptors (Lipinski definition) is 4. The number of nitrogens with zero attached hydrogens (tertiary/aromatic N) is 2. The van der Waals surface area contributed by atoms with E-state index >= 15 is 0 Å². The number of benzene rings is 1. The summed E-state index contributed by atoms with van der Waals surface area (Å²) in [5.74, 6) is 0.236. The van der Waals surface area contributed by atoms with Crippen molar-refractivity contribution in [3.63, 3.8) is 0 Å².